The van der Waals surface area contributed by atoms with Gasteiger partial charge in [-0.2, -0.15) is 0 Å². The molecule has 1 aromatic carbocycles. The van der Waals surface area contributed by atoms with Gasteiger partial charge in [0.05, 0.1) is 7.11 Å². The first-order valence-electron chi connectivity index (χ1n) is 8.81. The van der Waals surface area contributed by atoms with Crippen molar-refractivity contribution in [3.63, 3.8) is 0 Å². The fourth-order valence-electron chi connectivity index (χ4n) is 2.47. The summed E-state index contributed by atoms with van der Waals surface area (Å²) in [6.07, 6.45) is 2.56. The van der Waals surface area contributed by atoms with Crippen LogP contribution in [0.15, 0.2) is 42.5 Å². The highest BCUT2D eigenvalue weighted by Gasteiger charge is 2.12. The number of amides is 2. The maximum Gasteiger partial charge on any atom is 0.269 e. The van der Waals surface area contributed by atoms with E-state index < -0.39 is 0 Å². The zero-order valence-electron chi connectivity index (χ0n) is 15.2. The molecule has 1 heterocycles. The van der Waals surface area contributed by atoms with Crippen LogP contribution in [0.2, 0.25) is 0 Å². The summed E-state index contributed by atoms with van der Waals surface area (Å²) in [6, 6.07) is 12.6. The van der Waals surface area contributed by atoms with Gasteiger partial charge in [0, 0.05) is 13.1 Å². The predicted octanol–water partition coefficient (Wildman–Crippen LogP) is 2.59. The highest BCUT2D eigenvalue weighted by molar-refractivity contribution is 5.96. The number of para-hydroxylation sites is 1. The van der Waals surface area contributed by atoms with Crippen molar-refractivity contribution in [1.29, 1.82) is 0 Å². The SMILES string of the molecule is CCCCNC(=O)c1cccc(C(=O)NCCc2ccccc2OC)n1. The first-order chi connectivity index (χ1) is 12.7. The lowest BCUT2D eigenvalue weighted by molar-refractivity contribution is 0.0944. The quantitative estimate of drug-likeness (QED) is 0.678. The van der Waals surface area contributed by atoms with Crippen LogP contribution in [0.3, 0.4) is 0 Å². The zero-order valence-corrected chi connectivity index (χ0v) is 15.2. The van der Waals surface area contributed by atoms with E-state index in [1.54, 1.807) is 25.3 Å². The molecule has 0 fully saturated rings. The standard InChI is InChI=1S/C20H25N3O3/c1-3-4-13-21-19(24)16-9-7-10-17(23-16)20(25)22-14-12-15-8-5-6-11-18(15)26-2/h5-11H,3-4,12-14H2,1-2H3,(H,21,24)(H,22,25). The number of carbonyl (C=O) groups is 2. The van der Waals surface area contributed by atoms with E-state index >= 15 is 0 Å². The minimum Gasteiger partial charge on any atom is -0.496 e. The molecule has 0 saturated heterocycles. The van der Waals surface area contributed by atoms with Crippen LogP contribution in [-0.2, 0) is 6.42 Å². The first-order valence-corrected chi connectivity index (χ1v) is 8.81. The highest BCUT2D eigenvalue weighted by Crippen LogP contribution is 2.17. The van der Waals surface area contributed by atoms with Crippen molar-refractivity contribution in [3.05, 3.63) is 59.4 Å². The van der Waals surface area contributed by atoms with Crippen LogP contribution in [0.25, 0.3) is 0 Å². The molecule has 2 N–H and O–H groups in total. The molecule has 0 bridgehead atoms. The van der Waals surface area contributed by atoms with Gasteiger partial charge in [0.25, 0.3) is 11.8 Å². The topological polar surface area (TPSA) is 80.3 Å². The van der Waals surface area contributed by atoms with Crippen molar-refractivity contribution in [3.8, 4) is 5.75 Å². The Morgan fingerprint density at radius 2 is 1.62 bits per heavy atom. The second-order valence-electron chi connectivity index (χ2n) is 5.84. The van der Waals surface area contributed by atoms with Gasteiger partial charge in [-0.3, -0.25) is 9.59 Å². The summed E-state index contributed by atoms with van der Waals surface area (Å²) < 4.78 is 5.30. The summed E-state index contributed by atoms with van der Waals surface area (Å²) in [6.45, 7) is 3.11. The van der Waals surface area contributed by atoms with Crippen molar-refractivity contribution < 1.29 is 14.3 Å². The van der Waals surface area contributed by atoms with Gasteiger partial charge in [-0.15, -0.1) is 0 Å². The molecule has 0 radical (unpaired) electrons. The number of nitrogens with one attached hydrogen (secondary N) is 2. The fourth-order valence-corrected chi connectivity index (χ4v) is 2.47. The number of rotatable bonds is 9. The first kappa shape index (κ1) is 19.4. The molecule has 0 unspecified atom stereocenters. The summed E-state index contributed by atoms with van der Waals surface area (Å²) in [7, 11) is 1.62. The Morgan fingerprint density at radius 1 is 0.962 bits per heavy atom. The molecule has 1 aromatic heterocycles. The molecule has 0 atom stereocenters. The maximum atomic E-state index is 12.3. The van der Waals surface area contributed by atoms with Gasteiger partial charge < -0.3 is 15.4 Å². The molecule has 138 valence electrons. The number of benzene rings is 1. The molecule has 2 rings (SSSR count). The lowest BCUT2D eigenvalue weighted by Crippen LogP contribution is -2.29. The van der Waals surface area contributed by atoms with Gasteiger partial charge in [0.15, 0.2) is 0 Å². The summed E-state index contributed by atoms with van der Waals surface area (Å²) in [4.78, 5) is 28.5. The lowest BCUT2D eigenvalue weighted by Gasteiger charge is -2.09. The number of ether oxygens (including phenoxy) is 1. The minimum atomic E-state index is -0.303. The Labute approximate surface area is 154 Å². The predicted molar refractivity (Wildman–Crippen MR) is 101 cm³/mol. The van der Waals surface area contributed by atoms with Crippen molar-refractivity contribution in [2.45, 2.75) is 26.2 Å². The van der Waals surface area contributed by atoms with Crippen LogP contribution in [0, 0.1) is 0 Å². The molecule has 6 nitrogen and oxygen atoms in total. The molecule has 2 aromatic rings. The molecular weight excluding hydrogens is 330 g/mol. The average Bonchev–Trinajstić information content (AvgIpc) is 2.68. The number of hydrogen-bond acceptors (Lipinski definition) is 4. The maximum absolute atomic E-state index is 12.3. The van der Waals surface area contributed by atoms with Crippen LogP contribution in [0.4, 0.5) is 0 Å². The van der Waals surface area contributed by atoms with E-state index in [2.05, 4.69) is 22.5 Å². The van der Waals surface area contributed by atoms with Gasteiger partial charge in [-0.05, 0) is 36.6 Å². The van der Waals surface area contributed by atoms with Gasteiger partial charge >= 0.3 is 0 Å². The van der Waals surface area contributed by atoms with E-state index in [-0.39, 0.29) is 23.2 Å². The number of carbonyl (C=O) groups excluding carboxylic acids is 2. The van der Waals surface area contributed by atoms with Crippen LogP contribution in [-0.4, -0.2) is 37.0 Å². The second kappa shape index (κ2) is 10.2. The molecule has 0 saturated carbocycles. The van der Waals surface area contributed by atoms with Crippen molar-refractivity contribution >= 4 is 11.8 Å². The Kier molecular flexibility index (Phi) is 7.61. The molecule has 0 aliphatic carbocycles. The van der Waals surface area contributed by atoms with E-state index in [9.17, 15) is 9.59 Å². The van der Waals surface area contributed by atoms with E-state index in [1.807, 2.05) is 24.3 Å². The van der Waals surface area contributed by atoms with E-state index in [4.69, 9.17) is 4.74 Å². The van der Waals surface area contributed by atoms with Gasteiger partial charge in [-0.25, -0.2) is 4.98 Å². The largest absolute Gasteiger partial charge is 0.496 e. The third-order valence-electron chi connectivity index (χ3n) is 3.90. The third-order valence-corrected chi connectivity index (χ3v) is 3.90. The molecule has 0 aliphatic rings. The Bertz CT molecular complexity index is 747. The Balaban J connectivity index is 1.91. The molecule has 0 spiro atoms. The molecule has 2 amide bonds. The number of unbranched alkanes of at least 4 members (excludes halogenated alkanes) is 1. The van der Waals surface area contributed by atoms with E-state index in [0.717, 1.165) is 24.2 Å². The highest BCUT2D eigenvalue weighted by atomic mass is 16.5. The number of methoxy groups -OCH3 is 1. The van der Waals surface area contributed by atoms with Gasteiger partial charge in [0.2, 0.25) is 0 Å². The van der Waals surface area contributed by atoms with Crippen molar-refractivity contribution in [2.75, 3.05) is 20.2 Å². The molecule has 26 heavy (non-hydrogen) atoms. The number of nitrogens with zero attached hydrogens (tertiary/aromatic N) is 1. The average molecular weight is 355 g/mol. The number of aromatic nitrogens is 1. The van der Waals surface area contributed by atoms with Crippen molar-refractivity contribution in [2.24, 2.45) is 0 Å². The summed E-state index contributed by atoms with van der Waals surface area (Å²) in [5, 5.41) is 5.62. The fraction of sp³-hybridized carbons (Fsp3) is 0.350. The van der Waals surface area contributed by atoms with Crippen LogP contribution >= 0.6 is 0 Å². The zero-order chi connectivity index (χ0) is 18.8. The lowest BCUT2D eigenvalue weighted by atomic mass is 10.1. The van der Waals surface area contributed by atoms with Gasteiger partial charge in [-0.1, -0.05) is 37.6 Å². The number of pyridine rings is 1. The normalized spacial score (nSPS) is 10.2. The van der Waals surface area contributed by atoms with Crippen LogP contribution in [0.1, 0.15) is 46.3 Å². The van der Waals surface area contributed by atoms with Crippen LogP contribution in [0.5, 0.6) is 5.75 Å². The second-order valence-corrected chi connectivity index (χ2v) is 5.84. The van der Waals surface area contributed by atoms with Gasteiger partial charge in [0.1, 0.15) is 17.1 Å². The smallest absolute Gasteiger partial charge is 0.269 e. The molecular formula is C20H25N3O3. The Morgan fingerprint density at radius 3 is 2.27 bits per heavy atom. The monoisotopic (exact) mass is 355 g/mol. The summed E-state index contributed by atoms with van der Waals surface area (Å²) >= 11 is 0. The third kappa shape index (κ3) is 5.58. The molecule has 6 heteroatoms. The van der Waals surface area contributed by atoms with Crippen LogP contribution < -0.4 is 15.4 Å². The Hall–Kier alpha value is -2.89. The van der Waals surface area contributed by atoms with E-state index in [1.165, 1.54) is 0 Å². The molecule has 0 aliphatic heterocycles. The summed E-state index contributed by atoms with van der Waals surface area (Å²) in [5.41, 5.74) is 1.50. The summed E-state index contributed by atoms with van der Waals surface area (Å²) in [5.74, 6) is 0.232. The van der Waals surface area contributed by atoms with Crippen molar-refractivity contribution in [1.82, 2.24) is 15.6 Å². The minimum absolute atomic E-state index is 0.230. The van der Waals surface area contributed by atoms with E-state index in [0.29, 0.717) is 19.5 Å². The number of hydrogen-bond donors (Lipinski definition) is 2.